The summed E-state index contributed by atoms with van der Waals surface area (Å²) in [5, 5.41) is 12.9. The van der Waals surface area contributed by atoms with Crippen molar-refractivity contribution in [2.75, 3.05) is 7.05 Å². The van der Waals surface area contributed by atoms with E-state index in [2.05, 4.69) is 15.9 Å². The minimum absolute atomic E-state index is 0.0172. The van der Waals surface area contributed by atoms with Crippen molar-refractivity contribution in [1.82, 2.24) is 4.90 Å². The molecule has 5 nitrogen and oxygen atoms in total. The van der Waals surface area contributed by atoms with E-state index in [4.69, 9.17) is 0 Å². The number of thiophene rings is 1. The van der Waals surface area contributed by atoms with Crippen LogP contribution in [0.3, 0.4) is 0 Å². The second-order valence-corrected chi connectivity index (χ2v) is 6.49. The van der Waals surface area contributed by atoms with Gasteiger partial charge in [0.25, 0.3) is 5.69 Å². The van der Waals surface area contributed by atoms with Gasteiger partial charge in [-0.2, -0.15) is 0 Å². The molecule has 1 amide bonds. The Bertz CT molecular complexity index is 727. The molecule has 1 aromatic carbocycles. The third kappa shape index (κ3) is 4.25. The molecule has 0 unspecified atom stereocenters. The molecule has 2 aromatic rings. The summed E-state index contributed by atoms with van der Waals surface area (Å²) >= 11 is 4.93. The Balaban J connectivity index is 2.06. The molecule has 1 aromatic heterocycles. The summed E-state index contributed by atoms with van der Waals surface area (Å²) in [6.07, 6.45) is 2.83. The highest BCUT2D eigenvalue weighted by Gasteiger charge is 2.11. The Kier molecular flexibility index (Phi) is 5.46. The first-order valence-electron chi connectivity index (χ1n) is 6.37. The van der Waals surface area contributed by atoms with Crippen molar-refractivity contribution in [2.45, 2.75) is 6.54 Å². The molecule has 1 heterocycles. The first-order valence-corrected chi connectivity index (χ1v) is 8.04. The molecule has 0 fully saturated rings. The molecule has 0 bridgehead atoms. The number of nitro groups is 1. The van der Waals surface area contributed by atoms with E-state index in [9.17, 15) is 14.9 Å². The van der Waals surface area contributed by atoms with Gasteiger partial charge in [-0.05, 0) is 34.1 Å². The van der Waals surface area contributed by atoms with Crippen LogP contribution in [0.5, 0.6) is 0 Å². The van der Waals surface area contributed by atoms with Crippen LogP contribution in [0.2, 0.25) is 0 Å². The van der Waals surface area contributed by atoms with Crippen LogP contribution in [0.15, 0.2) is 46.3 Å². The predicted octanol–water partition coefficient (Wildman–Crippen LogP) is 4.09. The monoisotopic (exact) mass is 380 g/mol. The number of halogens is 1. The second kappa shape index (κ2) is 7.33. The third-order valence-corrected chi connectivity index (χ3v) is 4.61. The van der Waals surface area contributed by atoms with Gasteiger partial charge in [0.05, 0.1) is 17.0 Å². The van der Waals surface area contributed by atoms with Gasteiger partial charge in [0.15, 0.2) is 0 Å². The molecule has 0 spiro atoms. The maximum Gasteiger partial charge on any atom is 0.276 e. The number of rotatable bonds is 5. The first kappa shape index (κ1) is 16.4. The van der Waals surface area contributed by atoms with E-state index in [1.54, 1.807) is 41.5 Å². The van der Waals surface area contributed by atoms with Gasteiger partial charge in [-0.15, -0.1) is 11.3 Å². The van der Waals surface area contributed by atoms with Crippen molar-refractivity contribution in [3.63, 3.8) is 0 Å². The molecule has 0 aliphatic rings. The Hall–Kier alpha value is -1.99. The first-order chi connectivity index (χ1) is 10.5. The average molecular weight is 381 g/mol. The third-order valence-electron chi connectivity index (χ3n) is 2.93. The maximum absolute atomic E-state index is 12.1. The SMILES string of the molecule is CN(Cc1cc(Br)cs1)C(=O)/C=C/c1ccccc1[N+](=O)[O-]. The van der Waals surface area contributed by atoms with Gasteiger partial charge in [-0.3, -0.25) is 14.9 Å². The topological polar surface area (TPSA) is 63.5 Å². The van der Waals surface area contributed by atoms with Crippen molar-refractivity contribution >= 4 is 44.9 Å². The Morgan fingerprint density at radius 1 is 1.45 bits per heavy atom. The summed E-state index contributed by atoms with van der Waals surface area (Å²) in [6, 6.07) is 8.28. The normalized spacial score (nSPS) is 10.8. The predicted molar refractivity (Wildman–Crippen MR) is 90.6 cm³/mol. The molecule has 114 valence electrons. The molecule has 0 aliphatic heterocycles. The summed E-state index contributed by atoms with van der Waals surface area (Å²) < 4.78 is 0.990. The zero-order chi connectivity index (χ0) is 16.1. The van der Waals surface area contributed by atoms with Crippen LogP contribution in [-0.2, 0) is 11.3 Å². The molecular weight excluding hydrogens is 368 g/mol. The fourth-order valence-corrected chi connectivity index (χ4v) is 3.33. The molecule has 2 rings (SSSR count). The van der Waals surface area contributed by atoms with Crippen LogP contribution in [0.4, 0.5) is 5.69 Å². The highest BCUT2D eigenvalue weighted by molar-refractivity contribution is 9.10. The molecule has 0 N–H and O–H groups in total. The van der Waals surface area contributed by atoms with E-state index in [0.717, 1.165) is 9.35 Å². The van der Waals surface area contributed by atoms with Gasteiger partial charge in [-0.25, -0.2) is 0 Å². The average Bonchev–Trinajstić information content (AvgIpc) is 2.90. The molecular formula is C15H13BrN2O3S. The number of nitro benzene ring substituents is 1. The number of carbonyl (C=O) groups excluding carboxylic acids is 1. The van der Waals surface area contributed by atoms with Crippen LogP contribution >= 0.6 is 27.3 Å². The Morgan fingerprint density at radius 3 is 2.82 bits per heavy atom. The Labute approximate surface area is 140 Å². The van der Waals surface area contributed by atoms with E-state index >= 15 is 0 Å². The van der Waals surface area contributed by atoms with Gasteiger partial charge in [-0.1, -0.05) is 12.1 Å². The van der Waals surface area contributed by atoms with Crippen LogP contribution in [0.1, 0.15) is 10.4 Å². The van der Waals surface area contributed by atoms with Gasteiger partial charge in [0.1, 0.15) is 0 Å². The minimum atomic E-state index is -0.461. The summed E-state index contributed by atoms with van der Waals surface area (Å²) in [5.41, 5.74) is 0.393. The van der Waals surface area contributed by atoms with Crippen molar-refractivity contribution in [2.24, 2.45) is 0 Å². The fourth-order valence-electron chi connectivity index (χ4n) is 1.83. The van der Waals surface area contributed by atoms with E-state index in [1.165, 1.54) is 18.2 Å². The lowest BCUT2D eigenvalue weighted by Gasteiger charge is -2.13. The number of likely N-dealkylation sites (N-methyl/N-ethyl adjacent to an activating group) is 1. The van der Waals surface area contributed by atoms with Gasteiger partial charge < -0.3 is 4.90 Å². The van der Waals surface area contributed by atoms with Gasteiger partial charge in [0, 0.05) is 33.9 Å². The molecule has 7 heteroatoms. The lowest BCUT2D eigenvalue weighted by atomic mass is 10.1. The highest BCUT2D eigenvalue weighted by Crippen LogP contribution is 2.21. The zero-order valence-corrected chi connectivity index (χ0v) is 14.1. The number of hydrogen-bond donors (Lipinski definition) is 0. The number of nitrogens with zero attached hydrogens (tertiary/aromatic N) is 2. The number of hydrogen-bond acceptors (Lipinski definition) is 4. The number of amides is 1. The molecule has 22 heavy (non-hydrogen) atoms. The van der Waals surface area contributed by atoms with Crippen molar-refractivity contribution < 1.29 is 9.72 Å². The lowest BCUT2D eigenvalue weighted by Crippen LogP contribution is -2.23. The lowest BCUT2D eigenvalue weighted by molar-refractivity contribution is -0.385. The molecule has 0 atom stereocenters. The van der Waals surface area contributed by atoms with Crippen molar-refractivity contribution in [3.8, 4) is 0 Å². The number of carbonyl (C=O) groups is 1. The van der Waals surface area contributed by atoms with Gasteiger partial charge in [0.2, 0.25) is 5.91 Å². The highest BCUT2D eigenvalue weighted by atomic mass is 79.9. The smallest absolute Gasteiger partial charge is 0.276 e. The Morgan fingerprint density at radius 2 is 2.18 bits per heavy atom. The summed E-state index contributed by atoms with van der Waals surface area (Å²) in [7, 11) is 1.69. The van der Waals surface area contributed by atoms with E-state index in [0.29, 0.717) is 12.1 Å². The van der Waals surface area contributed by atoms with E-state index in [-0.39, 0.29) is 11.6 Å². The summed E-state index contributed by atoms with van der Waals surface area (Å²) in [5.74, 6) is -0.206. The van der Waals surface area contributed by atoms with Crippen LogP contribution in [0, 0.1) is 10.1 Å². The van der Waals surface area contributed by atoms with E-state index in [1.807, 2.05) is 11.4 Å². The molecule has 0 aliphatic carbocycles. The van der Waals surface area contributed by atoms with Crippen molar-refractivity contribution in [1.29, 1.82) is 0 Å². The summed E-state index contributed by atoms with van der Waals surface area (Å²) in [4.78, 5) is 25.1. The quantitative estimate of drug-likeness (QED) is 0.445. The van der Waals surface area contributed by atoms with Gasteiger partial charge >= 0.3 is 0 Å². The fraction of sp³-hybridized carbons (Fsp3) is 0.133. The minimum Gasteiger partial charge on any atom is -0.337 e. The second-order valence-electron chi connectivity index (χ2n) is 4.57. The van der Waals surface area contributed by atoms with E-state index < -0.39 is 4.92 Å². The zero-order valence-electron chi connectivity index (χ0n) is 11.7. The maximum atomic E-state index is 12.1. The number of benzene rings is 1. The molecule has 0 radical (unpaired) electrons. The standard InChI is InChI=1S/C15H13BrN2O3S/c1-17(9-13-8-12(16)10-22-13)15(19)7-6-11-4-2-3-5-14(11)18(20)21/h2-8,10H,9H2,1H3/b7-6+. The van der Waals surface area contributed by atoms with Crippen molar-refractivity contribution in [3.05, 3.63) is 66.8 Å². The van der Waals surface area contributed by atoms with Crippen LogP contribution in [-0.4, -0.2) is 22.8 Å². The number of para-hydroxylation sites is 1. The molecule has 0 saturated carbocycles. The van der Waals surface area contributed by atoms with Crippen LogP contribution in [0.25, 0.3) is 6.08 Å². The molecule has 0 saturated heterocycles. The van der Waals surface area contributed by atoms with Crippen LogP contribution < -0.4 is 0 Å². The largest absolute Gasteiger partial charge is 0.337 e. The summed E-state index contributed by atoms with van der Waals surface area (Å²) in [6.45, 7) is 0.496.